The minimum atomic E-state index is -4.89. The van der Waals surface area contributed by atoms with Gasteiger partial charge in [0.1, 0.15) is 5.75 Å². The number of rotatable bonds is 7. The van der Waals surface area contributed by atoms with Crippen molar-refractivity contribution in [1.29, 1.82) is 0 Å². The second-order valence-electron chi connectivity index (χ2n) is 10.0. The molecular weight excluding hydrogens is 471 g/mol. The van der Waals surface area contributed by atoms with Crippen molar-refractivity contribution in [1.82, 2.24) is 0 Å². The summed E-state index contributed by atoms with van der Waals surface area (Å²) in [6, 6.07) is 17.3. The van der Waals surface area contributed by atoms with Crippen LogP contribution in [0.5, 0.6) is 5.75 Å². The van der Waals surface area contributed by atoms with Gasteiger partial charge in [-0.2, -0.15) is 0 Å². The Morgan fingerprint density at radius 2 is 1.50 bits per heavy atom. The van der Waals surface area contributed by atoms with Crippen molar-refractivity contribution in [2.75, 3.05) is 4.90 Å². The SMILES string of the molecule is CC(C)(C)c1ccc(C(C)(C)c2cc(OC(F)(F)F)ccc2N(C=O)c2cccc(C(=O)O)c2)cc1. The first-order valence-corrected chi connectivity index (χ1v) is 11.2. The molecule has 0 fully saturated rings. The molecule has 0 radical (unpaired) electrons. The number of carbonyl (C=O) groups is 2. The zero-order chi connectivity index (χ0) is 26.9. The lowest BCUT2D eigenvalue weighted by Crippen LogP contribution is -2.26. The van der Waals surface area contributed by atoms with Gasteiger partial charge in [-0.15, -0.1) is 13.2 Å². The number of ether oxygens (including phenoxy) is 1. The Balaban J connectivity index is 2.20. The van der Waals surface area contributed by atoms with Crippen LogP contribution in [0.25, 0.3) is 0 Å². The van der Waals surface area contributed by atoms with Crippen LogP contribution in [0.4, 0.5) is 24.5 Å². The normalized spacial score (nSPS) is 12.2. The summed E-state index contributed by atoms with van der Waals surface area (Å²) in [5, 5.41) is 9.36. The van der Waals surface area contributed by atoms with Gasteiger partial charge in [0.25, 0.3) is 0 Å². The molecule has 5 nitrogen and oxygen atoms in total. The highest BCUT2D eigenvalue weighted by molar-refractivity contribution is 5.93. The van der Waals surface area contributed by atoms with Crippen LogP contribution in [-0.4, -0.2) is 23.8 Å². The van der Waals surface area contributed by atoms with Crippen LogP contribution in [0, 0.1) is 0 Å². The predicted molar refractivity (Wildman–Crippen MR) is 132 cm³/mol. The molecule has 0 aliphatic heterocycles. The second kappa shape index (κ2) is 9.68. The molecule has 3 aromatic carbocycles. The van der Waals surface area contributed by atoms with E-state index in [1.165, 1.54) is 35.2 Å². The summed E-state index contributed by atoms with van der Waals surface area (Å²) in [7, 11) is 0. The fraction of sp³-hybridized carbons (Fsp3) is 0.286. The van der Waals surface area contributed by atoms with Crippen LogP contribution in [-0.2, 0) is 15.6 Å². The minimum absolute atomic E-state index is 0.0324. The molecule has 0 atom stereocenters. The van der Waals surface area contributed by atoms with Gasteiger partial charge < -0.3 is 9.84 Å². The zero-order valence-corrected chi connectivity index (χ0v) is 20.7. The molecule has 1 amide bonds. The van der Waals surface area contributed by atoms with Crippen molar-refractivity contribution in [3.05, 3.63) is 89.0 Å². The van der Waals surface area contributed by atoms with Gasteiger partial charge in [0, 0.05) is 11.1 Å². The Hall–Kier alpha value is -3.81. The number of carboxylic acid groups (broad SMARTS) is 1. The molecule has 0 aliphatic carbocycles. The molecule has 0 saturated heterocycles. The predicted octanol–water partition coefficient (Wildman–Crippen LogP) is 7.20. The average Bonchev–Trinajstić information content (AvgIpc) is 2.79. The lowest BCUT2D eigenvalue weighted by atomic mass is 9.75. The first kappa shape index (κ1) is 26.8. The van der Waals surface area contributed by atoms with Gasteiger partial charge in [-0.3, -0.25) is 9.69 Å². The number of anilines is 2. The summed E-state index contributed by atoms with van der Waals surface area (Å²) in [5.74, 6) is -1.60. The fourth-order valence-electron chi connectivity index (χ4n) is 4.01. The van der Waals surface area contributed by atoms with Crippen LogP contribution < -0.4 is 9.64 Å². The first-order valence-electron chi connectivity index (χ1n) is 11.2. The van der Waals surface area contributed by atoms with Gasteiger partial charge in [0.2, 0.25) is 6.41 Å². The highest BCUT2D eigenvalue weighted by Crippen LogP contribution is 2.42. The Kier molecular flexibility index (Phi) is 7.20. The van der Waals surface area contributed by atoms with E-state index in [1.807, 2.05) is 38.1 Å². The third kappa shape index (κ3) is 5.87. The summed E-state index contributed by atoms with van der Waals surface area (Å²) in [5.41, 5.74) is 1.87. The smallest absolute Gasteiger partial charge is 0.478 e. The number of amides is 1. The lowest BCUT2D eigenvalue weighted by Gasteiger charge is -2.32. The van der Waals surface area contributed by atoms with Crippen molar-refractivity contribution < 1.29 is 32.6 Å². The van der Waals surface area contributed by atoms with Crippen LogP contribution in [0.3, 0.4) is 0 Å². The number of benzene rings is 3. The van der Waals surface area contributed by atoms with E-state index in [0.717, 1.165) is 17.2 Å². The molecule has 0 saturated carbocycles. The minimum Gasteiger partial charge on any atom is -0.478 e. The number of aromatic carboxylic acids is 1. The highest BCUT2D eigenvalue weighted by Gasteiger charge is 2.34. The number of alkyl halides is 3. The summed E-state index contributed by atoms with van der Waals surface area (Å²) >= 11 is 0. The van der Waals surface area contributed by atoms with Crippen LogP contribution >= 0.6 is 0 Å². The molecule has 0 spiro atoms. The van der Waals surface area contributed by atoms with E-state index in [4.69, 9.17) is 0 Å². The molecule has 0 unspecified atom stereocenters. The topological polar surface area (TPSA) is 66.8 Å². The monoisotopic (exact) mass is 499 g/mol. The summed E-state index contributed by atoms with van der Waals surface area (Å²) in [6.07, 6.45) is -4.39. The van der Waals surface area contributed by atoms with Crippen molar-refractivity contribution in [3.8, 4) is 5.75 Å². The molecule has 8 heteroatoms. The van der Waals surface area contributed by atoms with Crippen molar-refractivity contribution in [2.24, 2.45) is 0 Å². The molecule has 0 aromatic heterocycles. The van der Waals surface area contributed by atoms with E-state index in [1.54, 1.807) is 6.07 Å². The Morgan fingerprint density at radius 3 is 2.03 bits per heavy atom. The van der Waals surface area contributed by atoms with Crippen LogP contribution in [0.1, 0.15) is 61.7 Å². The maximum Gasteiger partial charge on any atom is 0.573 e. The van der Waals surface area contributed by atoms with Crippen LogP contribution in [0.2, 0.25) is 0 Å². The molecule has 1 N–H and O–H groups in total. The third-order valence-corrected chi connectivity index (χ3v) is 6.08. The van der Waals surface area contributed by atoms with Crippen molar-refractivity contribution in [2.45, 2.75) is 51.8 Å². The Labute approximate surface area is 208 Å². The Bertz CT molecular complexity index is 1260. The standard InChI is InChI=1S/C28H28F3NO4/c1-26(2,3)19-9-11-20(12-10-19)27(4,5)23-16-22(36-28(29,30)31)13-14-24(23)32(17-33)21-8-6-7-18(15-21)25(34)35/h6-17H,1-5H3,(H,34,35). The van der Waals surface area contributed by atoms with E-state index in [2.05, 4.69) is 25.5 Å². The quantitative estimate of drug-likeness (QED) is 0.349. The van der Waals surface area contributed by atoms with Gasteiger partial charge in [-0.1, -0.05) is 65.0 Å². The maximum absolute atomic E-state index is 13.0. The number of hydrogen-bond acceptors (Lipinski definition) is 3. The van der Waals surface area contributed by atoms with Gasteiger partial charge >= 0.3 is 12.3 Å². The zero-order valence-electron chi connectivity index (χ0n) is 20.7. The number of carbonyl (C=O) groups excluding carboxylic acids is 1. The summed E-state index contributed by atoms with van der Waals surface area (Å²) < 4.78 is 43.2. The van der Waals surface area contributed by atoms with E-state index in [-0.39, 0.29) is 16.7 Å². The van der Waals surface area contributed by atoms with E-state index >= 15 is 0 Å². The fourth-order valence-corrected chi connectivity index (χ4v) is 4.01. The van der Waals surface area contributed by atoms with Crippen molar-refractivity contribution in [3.63, 3.8) is 0 Å². The average molecular weight is 500 g/mol. The van der Waals surface area contributed by atoms with Crippen LogP contribution in [0.15, 0.2) is 66.7 Å². The molecule has 3 aromatic rings. The number of carboxylic acids is 1. The molecule has 3 rings (SSSR count). The lowest BCUT2D eigenvalue weighted by molar-refractivity contribution is -0.274. The molecule has 36 heavy (non-hydrogen) atoms. The highest BCUT2D eigenvalue weighted by atomic mass is 19.4. The largest absolute Gasteiger partial charge is 0.573 e. The maximum atomic E-state index is 13.0. The van der Waals surface area contributed by atoms with E-state index < -0.39 is 23.5 Å². The molecule has 0 heterocycles. The molecule has 0 aliphatic rings. The summed E-state index contributed by atoms with van der Waals surface area (Å²) in [6.45, 7) is 9.92. The number of halogens is 3. The third-order valence-electron chi connectivity index (χ3n) is 6.08. The van der Waals surface area contributed by atoms with Crippen molar-refractivity contribution >= 4 is 23.8 Å². The number of hydrogen-bond donors (Lipinski definition) is 1. The first-order chi connectivity index (χ1) is 16.6. The van der Waals surface area contributed by atoms with Gasteiger partial charge in [-0.25, -0.2) is 4.79 Å². The molecule has 190 valence electrons. The Morgan fingerprint density at radius 1 is 0.889 bits per heavy atom. The second-order valence-corrected chi connectivity index (χ2v) is 10.0. The molecular formula is C28H28F3NO4. The summed E-state index contributed by atoms with van der Waals surface area (Å²) in [4.78, 5) is 24.9. The van der Waals surface area contributed by atoms with E-state index in [0.29, 0.717) is 17.7 Å². The van der Waals surface area contributed by atoms with Gasteiger partial charge in [-0.05, 0) is 58.5 Å². The molecule has 0 bridgehead atoms. The van der Waals surface area contributed by atoms with Gasteiger partial charge in [0.15, 0.2) is 0 Å². The van der Waals surface area contributed by atoms with E-state index in [9.17, 15) is 27.9 Å². The van der Waals surface area contributed by atoms with Gasteiger partial charge in [0.05, 0.1) is 11.3 Å². The number of nitrogens with zero attached hydrogens (tertiary/aromatic N) is 1.